The number of rotatable bonds is 4. The average molecular weight is 341 g/mol. The van der Waals surface area contributed by atoms with Crippen molar-refractivity contribution in [2.75, 3.05) is 13.1 Å². The SMILES string of the molecule is CC(C)(C)OC(=O)N1CCC(OS(=O)(=O)Cc2ccccc2)C1. The Hall–Kier alpha value is -1.60. The number of benzene rings is 1. The largest absolute Gasteiger partial charge is 0.444 e. The molecule has 0 aromatic heterocycles. The molecular formula is C16H23NO5S. The molecule has 0 spiro atoms. The second-order valence-corrected chi connectivity index (χ2v) is 8.22. The molecule has 7 heteroatoms. The lowest BCUT2D eigenvalue weighted by atomic mass is 10.2. The van der Waals surface area contributed by atoms with Gasteiger partial charge in [0.2, 0.25) is 0 Å². The van der Waals surface area contributed by atoms with Gasteiger partial charge in [0.1, 0.15) is 11.4 Å². The summed E-state index contributed by atoms with van der Waals surface area (Å²) in [7, 11) is -3.68. The maximum absolute atomic E-state index is 12.1. The van der Waals surface area contributed by atoms with Gasteiger partial charge in [-0.3, -0.25) is 4.18 Å². The van der Waals surface area contributed by atoms with Crippen LogP contribution < -0.4 is 0 Å². The first kappa shape index (κ1) is 17.7. The van der Waals surface area contributed by atoms with Crippen molar-refractivity contribution in [3.63, 3.8) is 0 Å². The van der Waals surface area contributed by atoms with Crippen LogP contribution in [0.25, 0.3) is 0 Å². The van der Waals surface area contributed by atoms with Gasteiger partial charge in [0.15, 0.2) is 0 Å². The molecule has 1 saturated heterocycles. The summed E-state index contributed by atoms with van der Waals surface area (Å²) in [4.78, 5) is 13.4. The zero-order valence-electron chi connectivity index (χ0n) is 13.7. The first-order chi connectivity index (χ1) is 10.6. The van der Waals surface area contributed by atoms with Crippen LogP contribution in [0.3, 0.4) is 0 Å². The van der Waals surface area contributed by atoms with Gasteiger partial charge >= 0.3 is 6.09 Å². The summed E-state index contributed by atoms with van der Waals surface area (Å²) in [6, 6.07) is 8.87. The van der Waals surface area contributed by atoms with Gasteiger partial charge in [-0.25, -0.2) is 4.79 Å². The van der Waals surface area contributed by atoms with Crippen molar-refractivity contribution in [3.05, 3.63) is 35.9 Å². The molecule has 0 radical (unpaired) electrons. The zero-order chi connectivity index (χ0) is 17.1. The van der Waals surface area contributed by atoms with Crippen molar-refractivity contribution in [1.29, 1.82) is 0 Å². The Bertz CT molecular complexity index is 636. The van der Waals surface area contributed by atoms with E-state index in [1.54, 1.807) is 45.0 Å². The molecule has 1 aliphatic heterocycles. The van der Waals surface area contributed by atoms with E-state index >= 15 is 0 Å². The fourth-order valence-electron chi connectivity index (χ4n) is 2.32. The standard InChI is InChI=1S/C16H23NO5S/c1-16(2,3)21-15(18)17-10-9-14(11-17)22-23(19,20)12-13-7-5-4-6-8-13/h4-8,14H,9-12H2,1-3H3. The lowest BCUT2D eigenvalue weighted by molar-refractivity contribution is 0.0276. The molecule has 0 saturated carbocycles. The topological polar surface area (TPSA) is 72.9 Å². The minimum Gasteiger partial charge on any atom is -0.444 e. The minimum atomic E-state index is -3.68. The summed E-state index contributed by atoms with van der Waals surface area (Å²) in [5.74, 6) is -0.170. The number of hydrogen-bond acceptors (Lipinski definition) is 5. The maximum Gasteiger partial charge on any atom is 0.410 e. The van der Waals surface area contributed by atoms with E-state index in [-0.39, 0.29) is 12.3 Å². The quantitative estimate of drug-likeness (QED) is 0.787. The van der Waals surface area contributed by atoms with Gasteiger partial charge in [-0.2, -0.15) is 8.42 Å². The molecule has 2 rings (SSSR count). The Morgan fingerprint density at radius 2 is 1.91 bits per heavy atom. The molecule has 1 fully saturated rings. The van der Waals surface area contributed by atoms with Crippen LogP contribution in [-0.2, 0) is 24.8 Å². The highest BCUT2D eigenvalue weighted by atomic mass is 32.2. The summed E-state index contributed by atoms with van der Waals surface area (Å²) < 4.78 is 34.7. The van der Waals surface area contributed by atoms with Crippen molar-refractivity contribution >= 4 is 16.2 Å². The summed E-state index contributed by atoms with van der Waals surface area (Å²) >= 11 is 0. The lowest BCUT2D eigenvalue weighted by Gasteiger charge is -2.24. The number of amides is 1. The first-order valence-electron chi connectivity index (χ1n) is 7.57. The summed E-state index contributed by atoms with van der Waals surface area (Å²) in [6.07, 6.45) is -0.479. The highest BCUT2D eigenvalue weighted by Crippen LogP contribution is 2.20. The molecule has 1 aromatic rings. The molecule has 0 bridgehead atoms. The minimum absolute atomic E-state index is 0.170. The van der Waals surface area contributed by atoms with Crippen LogP contribution in [0, 0.1) is 0 Å². The van der Waals surface area contributed by atoms with Crippen LogP contribution in [0.4, 0.5) is 4.79 Å². The molecule has 0 aliphatic carbocycles. The van der Waals surface area contributed by atoms with Crippen LogP contribution in [0.5, 0.6) is 0 Å². The molecule has 1 amide bonds. The highest BCUT2D eigenvalue weighted by Gasteiger charge is 2.32. The third kappa shape index (κ3) is 5.84. The molecule has 1 aromatic carbocycles. The summed E-state index contributed by atoms with van der Waals surface area (Å²) in [6.45, 7) is 6.03. The third-order valence-corrected chi connectivity index (χ3v) is 4.52. The number of ether oxygens (including phenoxy) is 1. The van der Waals surface area contributed by atoms with Gasteiger partial charge in [-0.15, -0.1) is 0 Å². The van der Waals surface area contributed by atoms with E-state index in [0.29, 0.717) is 18.5 Å². The number of hydrogen-bond donors (Lipinski definition) is 0. The molecule has 6 nitrogen and oxygen atoms in total. The molecular weight excluding hydrogens is 318 g/mol. The van der Waals surface area contributed by atoms with Crippen LogP contribution >= 0.6 is 0 Å². The Kier molecular flexibility index (Phi) is 5.31. The molecule has 1 heterocycles. The molecule has 1 aliphatic rings. The van der Waals surface area contributed by atoms with E-state index in [1.165, 1.54) is 4.90 Å². The van der Waals surface area contributed by atoms with Gasteiger partial charge in [0.05, 0.1) is 12.6 Å². The van der Waals surface area contributed by atoms with Gasteiger partial charge in [-0.1, -0.05) is 30.3 Å². The van der Waals surface area contributed by atoms with E-state index in [9.17, 15) is 13.2 Å². The molecule has 128 valence electrons. The zero-order valence-corrected chi connectivity index (χ0v) is 14.5. The van der Waals surface area contributed by atoms with Crippen LogP contribution in [0.15, 0.2) is 30.3 Å². The van der Waals surface area contributed by atoms with Gasteiger partial charge in [0.25, 0.3) is 10.1 Å². The Morgan fingerprint density at radius 1 is 1.26 bits per heavy atom. The second kappa shape index (κ2) is 6.88. The lowest BCUT2D eigenvalue weighted by Crippen LogP contribution is -2.36. The van der Waals surface area contributed by atoms with Gasteiger partial charge in [0, 0.05) is 6.54 Å². The van der Waals surface area contributed by atoms with E-state index in [4.69, 9.17) is 8.92 Å². The molecule has 0 N–H and O–H groups in total. The van der Waals surface area contributed by atoms with Crippen molar-refractivity contribution in [2.45, 2.75) is 44.6 Å². The number of carbonyl (C=O) groups excluding carboxylic acids is 1. The Morgan fingerprint density at radius 3 is 2.52 bits per heavy atom. The normalized spacial score (nSPS) is 18.9. The van der Waals surface area contributed by atoms with E-state index in [0.717, 1.165) is 0 Å². The molecule has 1 unspecified atom stereocenters. The van der Waals surface area contributed by atoms with Gasteiger partial charge in [-0.05, 0) is 32.8 Å². The van der Waals surface area contributed by atoms with Crippen LogP contribution in [-0.4, -0.2) is 44.2 Å². The fourth-order valence-corrected chi connectivity index (χ4v) is 3.56. The monoisotopic (exact) mass is 341 g/mol. The Labute approximate surface area is 137 Å². The smallest absolute Gasteiger partial charge is 0.410 e. The molecule has 1 atom stereocenters. The van der Waals surface area contributed by atoms with Crippen molar-refractivity contribution in [1.82, 2.24) is 4.90 Å². The van der Waals surface area contributed by atoms with Crippen LogP contribution in [0.1, 0.15) is 32.8 Å². The Balaban J connectivity index is 1.88. The number of nitrogens with zero attached hydrogens (tertiary/aromatic N) is 1. The van der Waals surface area contributed by atoms with E-state index in [1.807, 2.05) is 6.07 Å². The summed E-state index contributed by atoms with van der Waals surface area (Å²) in [5, 5.41) is 0. The first-order valence-corrected chi connectivity index (χ1v) is 9.15. The van der Waals surface area contributed by atoms with Crippen molar-refractivity contribution < 1.29 is 22.1 Å². The van der Waals surface area contributed by atoms with Gasteiger partial charge < -0.3 is 9.64 Å². The van der Waals surface area contributed by atoms with E-state index < -0.39 is 27.9 Å². The van der Waals surface area contributed by atoms with Crippen LogP contribution in [0.2, 0.25) is 0 Å². The third-order valence-electron chi connectivity index (χ3n) is 3.27. The highest BCUT2D eigenvalue weighted by molar-refractivity contribution is 7.85. The predicted octanol–water partition coefficient (Wildman–Crippen LogP) is 2.54. The van der Waals surface area contributed by atoms with E-state index in [2.05, 4.69) is 0 Å². The molecule has 23 heavy (non-hydrogen) atoms. The van der Waals surface area contributed by atoms with Crippen molar-refractivity contribution in [3.8, 4) is 0 Å². The number of likely N-dealkylation sites (tertiary alicyclic amines) is 1. The fraction of sp³-hybridized carbons (Fsp3) is 0.562. The second-order valence-electron chi connectivity index (χ2n) is 6.62. The maximum atomic E-state index is 12.1. The number of carbonyl (C=O) groups is 1. The van der Waals surface area contributed by atoms with Crippen molar-refractivity contribution in [2.24, 2.45) is 0 Å². The average Bonchev–Trinajstić information content (AvgIpc) is 2.85. The summed E-state index contributed by atoms with van der Waals surface area (Å²) in [5.41, 5.74) is 0.101. The predicted molar refractivity (Wildman–Crippen MR) is 86.4 cm³/mol.